The molecule has 1 aliphatic carbocycles. The third-order valence-electron chi connectivity index (χ3n) is 2.89. The molecule has 0 atom stereocenters. The number of nitrogens with one attached hydrogen (secondary N) is 1. The maximum Gasteiger partial charge on any atom is 0.0375 e. The topological polar surface area (TPSA) is 24.9 Å². The van der Waals surface area contributed by atoms with Crippen LogP contribution in [0.15, 0.2) is 18.3 Å². The second-order valence-corrected chi connectivity index (χ2v) is 4.01. The third kappa shape index (κ3) is 1.89. The van der Waals surface area contributed by atoms with Crippen molar-refractivity contribution in [3.05, 3.63) is 29.6 Å². The van der Waals surface area contributed by atoms with E-state index in [2.05, 4.69) is 29.5 Å². The summed E-state index contributed by atoms with van der Waals surface area (Å²) < 4.78 is 0. The van der Waals surface area contributed by atoms with Gasteiger partial charge in [-0.3, -0.25) is 4.98 Å². The van der Waals surface area contributed by atoms with Gasteiger partial charge in [0.05, 0.1) is 0 Å². The van der Waals surface area contributed by atoms with Gasteiger partial charge in [0, 0.05) is 17.4 Å². The van der Waals surface area contributed by atoms with E-state index in [0.29, 0.717) is 5.54 Å². The highest BCUT2D eigenvalue weighted by Gasteiger charge is 2.40. The highest BCUT2D eigenvalue weighted by Crippen LogP contribution is 2.37. The molecule has 70 valence electrons. The van der Waals surface area contributed by atoms with Gasteiger partial charge in [0.1, 0.15) is 0 Å². The number of hydrogen-bond acceptors (Lipinski definition) is 2. The molecular formula is C11H16N2. The highest BCUT2D eigenvalue weighted by atomic mass is 15.0. The quantitative estimate of drug-likeness (QED) is 0.758. The van der Waals surface area contributed by atoms with E-state index < -0.39 is 0 Å². The normalized spacial score (nSPS) is 18.6. The largest absolute Gasteiger partial charge is 0.314 e. The van der Waals surface area contributed by atoms with Crippen molar-refractivity contribution < 1.29 is 0 Å². The fourth-order valence-electron chi connectivity index (χ4n) is 1.77. The molecule has 1 heterocycles. The molecule has 13 heavy (non-hydrogen) atoms. The molecule has 2 heteroatoms. The number of hydrogen-bond donors (Lipinski definition) is 1. The molecule has 2 rings (SSSR count). The van der Waals surface area contributed by atoms with Crippen LogP contribution in [0.5, 0.6) is 0 Å². The van der Waals surface area contributed by atoms with Gasteiger partial charge in [-0.15, -0.1) is 0 Å². The monoisotopic (exact) mass is 176 g/mol. The van der Waals surface area contributed by atoms with Crippen molar-refractivity contribution in [2.24, 2.45) is 0 Å². The van der Waals surface area contributed by atoms with E-state index in [9.17, 15) is 0 Å². The SMILES string of the molecule is CNC1(Cc2ccnc(C)c2)CC1. The van der Waals surface area contributed by atoms with Gasteiger partial charge < -0.3 is 5.32 Å². The third-order valence-corrected chi connectivity index (χ3v) is 2.89. The average molecular weight is 176 g/mol. The van der Waals surface area contributed by atoms with Crippen LogP contribution in [0, 0.1) is 6.92 Å². The minimum Gasteiger partial charge on any atom is -0.314 e. The summed E-state index contributed by atoms with van der Waals surface area (Å²) in [6.45, 7) is 2.04. The lowest BCUT2D eigenvalue weighted by atomic mass is 10.1. The van der Waals surface area contributed by atoms with Gasteiger partial charge in [-0.25, -0.2) is 0 Å². The van der Waals surface area contributed by atoms with Crippen molar-refractivity contribution in [3.8, 4) is 0 Å². The van der Waals surface area contributed by atoms with Gasteiger partial charge in [0.25, 0.3) is 0 Å². The van der Waals surface area contributed by atoms with Crippen LogP contribution in [-0.2, 0) is 6.42 Å². The van der Waals surface area contributed by atoms with E-state index >= 15 is 0 Å². The van der Waals surface area contributed by atoms with Gasteiger partial charge >= 0.3 is 0 Å². The minimum absolute atomic E-state index is 0.411. The molecule has 0 aromatic carbocycles. The molecule has 1 fully saturated rings. The van der Waals surface area contributed by atoms with Crippen molar-refractivity contribution in [3.63, 3.8) is 0 Å². The molecule has 0 aliphatic heterocycles. The van der Waals surface area contributed by atoms with Crippen LogP contribution in [0.25, 0.3) is 0 Å². The van der Waals surface area contributed by atoms with Crippen LogP contribution < -0.4 is 5.32 Å². The Labute approximate surface area is 79.4 Å². The number of aromatic nitrogens is 1. The predicted molar refractivity (Wildman–Crippen MR) is 53.7 cm³/mol. The average Bonchev–Trinajstić information content (AvgIpc) is 2.86. The van der Waals surface area contributed by atoms with Gasteiger partial charge in [0.2, 0.25) is 0 Å². The van der Waals surface area contributed by atoms with Gasteiger partial charge in [-0.05, 0) is 50.9 Å². The molecule has 2 nitrogen and oxygen atoms in total. The van der Waals surface area contributed by atoms with Crippen LogP contribution in [0.1, 0.15) is 24.1 Å². The fraction of sp³-hybridized carbons (Fsp3) is 0.545. The number of pyridine rings is 1. The minimum atomic E-state index is 0.411. The van der Waals surface area contributed by atoms with Crippen LogP contribution >= 0.6 is 0 Å². The van der Waals surface area contributed by atoms with Crippen molar-refractivity contribution in [2.75, 3.05) is 7.05 Å². The summed E-state index contributed by atoms with van der Waals surface area (Å²) in [5, 5.41) is 3.40. The van der Waals surface area contributed by atoms with Crippen molar-refractivity contribution in [1.29, 1.82) is 0 Å². The molecule has 1 aliphatic rings. The van der Waals surface area contributed by atoms with Crippen molar-refractivity contribution >= 4 is 0 Å². The van der Waals surface area contributed by atoms with Crippen molar-refractivity contribution in [1.82, 2.24) is 10.3 Å². The summed E-state index contributed by atoms with van der Waals surface area (Å²) in [6.07, 6.45) is 5.67. The summed E-state index contributed by atoms with van der Waals surface area (Å²) >= 11 is 0. The van der Waals surface area contributed by atoms with E-state index in [0.717, 1.165) is 12.1 Å². The first-order valence-electron chi connectivity index (χ1n) is 4.85. The number of likely N-dealkylation sites (N-methyl/N-ethyl adjacent to an activating group) is 1. The van der Waals surface area contributed by atoms with E-state index in [1.165, 1.54) is 18.4 Å². The molecule has 0 radical (unpaired) electrons. The molecule has 0 spiro atoms. The maximum absolute atomic E-state index is 4.20. The first-order valence-corrected chi connectivity index (χ1v) is 4.85. The second kappa shape index (κ2) is 3.11. The van der Waals surface area contributed by atoms with Crippen LogP contribution in [-0.4, -0.2) is 17.6 Å². The lowest BCUT2D eigenvalue weighted by molar-refractivity contribution is 0.548. The predicted octanol–water partition coefficient (Wildman–Crippen LogP) is 1.68. The summed E-state index contributed by atoms with van der Waals surface area (Å²) in [4.78, 5) is 4.20. The summed E-state index contributed by atoms with van der Waals surface area (Å²) in [6, 6.07) is 4.29. The van der Waals surface area contributed by atoms with E-state index in [1.54, 1.807) is 0 Å². The Balaban J connectivity index is 2.09. The fourth-order valence-corrected chi connectivity index (χ4v) is 1.77. The number of nitrogens with zero attached hydrogens (tertiary/aromatic N) is 1. The Morgan fingerprint density at radius 3 is 2.85 bits per heavy atom. The first kappa shape index (κ1) is 8.70. The molecule has 0 saturated heterocycles. The van der Waals surface area contributed by atoms with E-state index in [1.807, 2.05) is 13.1 Å². The number of rotatable bonds is 3. The Morgan fingerprint density at radius 1 is 1.54 bits per heavy atom. The molecule has 1 aromatic heterocycles. The summed E-state index contributed by atoms with van der Waals surface area (Å²) in [7, 11) is 2.06. The van der Waals surface area contributed by atoms with Crippen LogP contribution in [0.2, 0.25) is 0 Å². The lowest BCUT2D eigenvalue weighted by Gasteiger charge is -2.13. The molecule has 0 bridgehead atoms. The molecule has 0 amide bonds. The Morgan fingerprint density at radius 2 is 2.31 bits per heavy atom. The van der Waals surface area contributed by atoms with E-state index in [-0.39, 0.29) is 0 Å². The zero-order valence-electron chi connectivity index (χ0n) is 8.30. The number of aryl methyl sites for hydroxylation is 1. The standard InChI is InChI=1S/C11H16N2/c1-9-7-10(3-6-13-9)8-11(12-2)4-5-11/h3,6-7,12H,4-5,8H2,1-2H3. The molecule has 1 N–H and O–H groups in total. The van der Waals surface area contributed by atoms with Gasteiger partial charge in [-0.1, -0.05) is 0 Å². The Kier molecular flexibility index (Phi) is 2.08. The summed E-state index contributed by atoms with van der Waals surface area (Å²) in [5.74, 6) is 0. The van der Waals surface area contributed by atoms with Gasteiger partial charge in [0.15, 0.2) is 0 Å². The molecule has 1 aromatic rings. The van der Waals surface area contributed by atoms with Crippen molar-refractivity contribution in [2.45, 2.75) is 31.7 Å². The smallest absolute Gasteiger partial charge is 0.0375 e. The molecule has 1 saturated carbocycles. The van der Waals surface area contributed by atoms with Crippen LogP contribution in [0.3, 0.4) is 0 Å². The first-order chi connectivity index (χ1) is 6.24. The zero-order chi connectivity index (χ0) is 9.31. The lowest BCUT2D eigenvalue weighted by Crippen LogP contribution is -2.29. The summed E-state index contributed by atoms with van der Waals surface area (Å²) in [5.41, 5.74) is 2.93. The molecular weight excluding hydrogens is 160 g/mol. The van der Waals surface area contributed by atoms with Crippen LogP contribution in [0.4, 0.5) is 0 Å². The Bertz CT molecular complexity index is 303. The highest BCUT2D eigenvalue weighted by molar-refractivity contribution is 5.21. The van der Waals surface area contributed by atoms with E-state index in [4.69, 9.17) is 0 Å². The van der Waals surface area contributed by atoms with Gasteiger partial charge in [-0.2, -0.15) is 0 Å². The zero-order valence-corrected chi connectivity index (χ0v) is 8.30. The second-order valence-electron chi connectivity index (χ2n) is 4.01. The molecule has 0 unspecified atom stereocenters. The maximum atomic E-state index is 4.20. The Hall–Kier alpha value is -0.890.